The van der Waals surface area contributed by atoms with Gasteiger partial charge in [0.1, 0.15) is 0 Å². The molecule has 2 heterocycles. The molecule has 7 heteroatoms. The molecule has 132 valence electrons. The Morgan fingerprint density at radius 2 is 1.85 bits per heavy atom. The first kappa shape index (κ1) is 16.1. The number of nitrogens with one attached hydrogen (secondary N) is 1. The molecule has 26 heavy (non-hydrogen) atoms. The van der Waals surface area contributed by atoms with Gasteiger partial charge in [-0.25, -0.2) is 4.79 Å². The van der Waals surface area contributed by atoms with Crippen molar-refractivity contribution >= 4 is 17.4 Å². The van der Waals surface area contributed by atoms with Crippen LogP contribution in [0.25, 0.3) is 0 Å². The zero-order chi connectivity index (χ0) is 17.9. The van der Waals surface area contributed by atoms with Crippen molar-refractivity contribution in [3.8, 4) is 17.6 Å². The third-order valence-corrected chi connectivity index (χ3v) is 4.53. The van der Waals surface area contributed by atoms with E-state index in [1.54, 1.807) is 29.2 Å². The van der Waals surface area contributed by atoms with Crippen LogP contribution in [0.3, 0.4) is 0 Å². The summed E-state index contributed by atoms with van der Waals surface area (Å²) in [7, 11) is 0. The SMILES string of the molecule is N#Cc1cccc(NC(=O)N2CCN(c3ccc4c(c3)OCO4)CC2)c1. The molecule has 0 unspecified atom stereocenters. The lowest BCUT2D eigenvalue weighted by Crippen LogP contribution is -2.50. The molecule has 0 spiro atoms. The zero-order valence-electron chi connectivity index (χ0n) is 14.1. The number of amides is 2. The third kappa shape index (κ3) is 3.22. The molecule has 0 atom stereocenters. The molecular weight excluding hydrogens is 332 g/mol. The molecule has 7 nitrogen and oxygen atoms in total. The average molecular weight is 350 g/mol. The number of nitriles is 1. The normalized spacial score (nSPS) is 15.5. The Bertz CT molecular complexity index is 869. The van der Waals surface area contributed by atoms with Crippen molar-refractivity contribution < 1.29 is 14.3 Å². The fourth-order valence-corrected chi connectivity index (χ4v) is 3.12. The van der Waals surface area contributed by atoms with Crippen molar-refractivity contribution in [2.24, 2.45) is 0 Å². The van der Waals surface area contributed by atoms with E-state index in [0.29, 0.717) is 24.3 Å². The fraction of sp³-hybridized carbons (Fsp3) is 0.263. The van der Waals surface area contributed by atoms with Gasteiger partial charge in [0, 0.05) is 43.6 Å². The summed E-state index contributed by atoms with van der Waals surface area (Å²) in [6.07, 6.45) is 0. The predicted molar refractivity (Wildman–Crippen MR) is 96.5 cm³/mol. The van der Waals surface area contributed by atoms with Crippen LogP contribution in [-0.4, -0.2) is 43.9 Å². The van der Waals surface area contributed by atoms with Crippen molar-refractivity contribution in [3.05, 3.63) is 48.0 Å². The van der Waals surface area contributed by atoms with Crippen LogP contribution in [0.1, 0.15) is 5.56 Å². The summed E-state index contributed by atoms with van der Waals surface area (Å²) >= 11 is 0. The highest BCUT2D eigenvalue weighted by Crippen LogP contribution is 2.35. The smallest absolute Gasteiger partial charge is 0.321 e. The first-order valence-electron chi connectivity index (χ1n) is 8.43. The average Bonchev–Trinajstić information content (AvgIpc) is 3.16. The molecule has 2 aromatic rings. The van der Waals surface area contributed by atoms with E-state index in [1.807, 2.05) is 18.2 Å². The number of benzene rings is 2. The number of rotatable bonds is 2. The molecule has 0 saturated carbocycles. The van der Waals surface area contributed by atoms with E-state index in [-0.39, 0.29) is 12.8 Å². The maximum Gasteiger partial charge on any atom is 0.321 e. The first-order chi connectivity index (χ1) is 12.7. The monoisotopic (exact) mass is 350 g/mol. The van der Waals surface area contributed by atoms with Crippen molar-refractivity contribution in [1.82, 2.24) is 4.90 Å². The molecule has 2 aromatic carbocycles. The summed E-state index contributed by atoms with van der Waals surface area (Å²) in [5.41, 5.74) is 2.22. The summed E-state index contributed by atoms with van der Waals surface area (Å²) in [4.78, 5) is 16.4. The summed E-state index contributed by atoms with van der Waals surface area (Å²) in [5.74, 6) is 1.53. The lowest BCUT2D eigenvalue weighted by Gasteiger charge is -2.36. The van der Waals surface area contributed by atoms with E-state index in [4.69, 9.17) is 14.7 Å². The van der Waals surface area contributed by atoms with Gasteiger partial charge in [-0.2, -0.15) is 5.26 Å². The van der Waals surface area contributed by atoms with E-state index >= 15 is 0 Å². The second-order valence-electron chi connectivity index (χ2n) is 6.13. The largest absolute Gasteiger partial charge is 0.454 e. The number of ether oxygens (including phenoxy) is 2. The van der Waals surface area contributed by atoms with Crippen LogP contribution < -0.4 is 19.7 Å². The number of anilines is 2. The summed E-state index contributed by atoms with van der Waals surface area (Å²) in [6.45, 7) is 2.99. The van der Waals surface area contributed by atoms with E-state index < -0.39 is 0 Å². The lowest BCUT2D eigenvalue weighted by molar-refractivity contribution is 0.174. The number of nitrogens with zero attached hydrogens (tertiary/aromatic N) is 3. The molecule has 0 bridgehead atoms. The van der Waals surface area contributed by atoms with E-state index in [1.165, 1.54) is 0 Å². The van der Waals surface area contributed by atoms with Gasteiger partial charge in [-0.15, -0.1) is 0 Å². The number of carbonyl (C=O) groups is 1. The topological polar surface area (TPSA) is 77.8 Å². The van der Waals surface area contributed by atoms with Crippen LogP contribution in [0.2, 0.25) is 0 Å². The van der Waals surface area contributed by atoms with Crippen LogP contribution in [0.4, 0.5) is 16.2 Å². The maximum absolute atomic E-state index is 12.4. The number of hydrogen-bond donors (Lipinski definition) is 1. The second-order valence-corrected chi connectivity index (χ2v) is 6.13. The molecule has 1 fully saturated rings. The van der Waals surface area contributed by atoms with Crippen LogP contribution >= 0.6 is 0 Å². The third-order valence-electron chi connectivity index (χ3n) is 4.53. The highest BCUT2D eigenvalue weighted by molar-refractivity contribution is 5.89. The van der Waals surface area contributed by atoms with Gasteiger partial charge in [-0.3, -0.25) is 0 Å². The predicted octanol–water partition coefficient (Wildman–Crippen LogP) is 2.64. The minimum atomic E-state index is -0.148. The minimum absolute atomic E-state index is 0.148. The Balaban J connectivity index is 1.35. The van der Waals surface area contributed by atoms with Gasteiger partial charge in [-0.1, -0.05) is 6.07 Å². The fourth-order valence-electron chi connectivity index (χ4n) is 3.12. The van der Waals surface area contributed by atoms with Gasteiger partial charge < -0.3 is 24.6 Å². The molecular formula is C19H18N4O3. The summed E-state index contributed by atoms with van der Waals surface area (Å²) in [5, 5.41) is 11.8. The molecule has 2 amide bonds. The Morgan fingerprint density at radius 3 is 2.65 bits per heavy atom. The zero-order valence-corrected chi connectivity index (χ0v) is 14.1. The molecule has 2 aliphatic rings. The quantitative estimate of drug-likeness (QED) is 0.901. The van der Waals surface area contributed by atoms with Gasteiger partial charge in [-0.05, 0) is 30.3 Å². The molecule has 2 aliphatic heterocycles. The Morgan fingerprint density at radius 1 is 1.04 bits per heavy atom. The van der Waals surface area contributed by atoms with Gasteiger partial charge in [0.2, 0.25) is 6.79 Å². The van der Waals surface area contributed by atoms with Crippen LogP contribution in [0.5, 0.6) is 11.5 Å². The Labute approximate surface area is 151 Å². The molecule has 4 rings (SSSR count). The van der Waals surface area contributed by atoms with Gasteiger partial charge in [0.15, 0.2) is 11.5 Å². The Hall–Kier alpha value is -3.40. The molecule has 0 aliphatic carbocycles. The van der Waals surface area contributed by atoms with Crippen molar-refractivity contribution in [2.45, 2.75) is 0 Å². The van der Waals surface area contributed by atoms with Crippen LogP contribution in [0.15, 0.2) is 42.5 Å². The number of hydrogen-bond acceptors (Lipinski definition) is 5. The van der Waals surface area contributed by atoms with Crippen LogP contribution in [-0.2, 0) is 0 Å². The van der Waals surface area contributed by atoms with Crippen molar-refractivity contribution in [1.29, 1.82) is 5.26 Å². The highest BCUT2D eigenvalue weighted by Gasteiger charge is 2.23. The Kier molecular flexibility index (Phi) is 4.23. The molecule has 1 saturated heterocycles. The number of urea groups is 1. The van der Waals surface area contributed by atoms with Crippen molar-refractivity contribution in [2.75, 3.05) is 43.2 Å². The van der Waals surface area contributed by atoms with Crippen molar-refractivity contribution in [3.63, 3.8) is 0 Å². The minimum Gasteiger partial charge on any atom is -0.454 e. The number of carbonyl (C=O) groups excluding carboxylic acids is 1. The summed E-state index contributed by atoms with van der Waals surface area (Å²) in [6, 6.07) is 14.7. The van der Waals surface area contributed by atoms with Gasteiger partial charge in [0.25, 0.3) is 0 Å². The van der Waals surface area contributed by atoms with Gasteiger partial charge >= 0.3 is 6.03 Å². The first-order valence-corrected chi connectivity index (χ1v) is 8.43. The maximum atomic E-state index is 12.4. The highest BCUT2D eigenvalue weighted by atomic mass is 16.7. The molecule has 1 N–H and O–H groups in total. The van der Waals surface area contributed by atoms with E-state index in [9.17, 15) is 4.79 Å². The van der Waals surface area contributed by atoms with E-state index in [2.05, 4.69) is 16.3 Å². The summed E-state index contributed by atoms with van der Waals surface area (Å²) < 4.78 is 10.8. The van der Waals surface area contributed by atoms with E-state index in [0.717, 1.165) is 30.3 Å². The number of piperazine rings is 1. The molecule has 0 radical (unpaired) electrons. The van der Waals surface area contributed by atoms with Crippen LogP contribution in [0, 0.1) is 11.3 Å². The number of fused-ring (bicyclic) bond motifs is 1. The van der Waals surface area contributed by atoms with Gasteiger partial charge in [0.05, 0.1) is 11.6 Å². The second kappa shape index (κ2) is 6.84. The molecule has 0 aromatic heterocycles. The standard InChI is InChI=1S/C19H18N4O3/c20-12-14-2-1-3-15(10-14)21-19(24)23-8-6-22(7-9-23)16-4-5-17-18(11-16)26-13-25-17/h1-5,10-11H,6-9,13H2,(H,21,24). The lowest BCUT2D eigenvalue weighted by atomic mass is 10.2.